The fraction of sp³-hybridized carbons (Fsp3) is 0.714. The largest absolute Gasteiger partial charge is 0.507 e. The number of unbranched alkanes of at least 4 members (excludes halogenated alkanes) is 2. The van der Waals surface area contributed by atoms with Gasteiger partial charge < -0.3 is 9.84 Å². The van der Waals surface area contributed by atoms with Gasteiger partial charge in [0.1, 0.15) is 11.5 Å². The van der Waals surface area contributed by atoms with E-state index in [1.54, 1.807) is 0 Å². The van der Waals surface area contributed by atoms with Gasteiger partial charge in [0.05, 0.1) is 14.3 Å². The van der Waals surface area contributed by atoms with Crippen LogP contribution in [0.4, 0.5) is 0 Å². The average Bonchev–Trinajstić information content (AvgIpc) is 2.62. The normalized spacial score (nSPS) is 11.7. The van der Waals surface area contributed by atoms with Gasteiger partial charge in [0.2, 0.25) is 0 Å². The van der Waals surface area contributed by atoms with Crippen molar-refractivity contribution in [2.45, 2.75) is 91.3 Å². The molecule has 24 heavy (non-hydrogen) atoms. The summed E-state index contributed by atoms with van der Waals surface area (Å²) in [5.74, 6) is 1.48. The van der Waals surface area contributed by atoms with Gasteiger partial charge >= 0.3 is 0 Å². The van der Waals surface area contributed by atoms with Crippen molar-refractivity contribution in [1.82, 2.24) is 0 Å². The SMILES string of the molecule is CCCCc1cc(OC[Si](CC)(CC)CC)cc(CCCC)c1O. The van der Waals surface area contributed by atoms with Crippen LogP contribution in [-0.4, -0.2) is 19.4 Å². The maximum Gasteiger partial charge on any atom is 0.122 e. The Morgan fingerprint density at radius 2 is 1.29 bits per heavy atom. The van der Waals surface area contributed by atoms with Gasteiger partial charge in [-0.25, -0.2) is 0 Å². The van der Waals surface area contributed by atoms with E-state index in [0.717, 1.165) is 61.6 Å². The van der Waals surface area contributed by atoms with E-state index in [4.69, 9.17) is 4.74 Å². The van der Waals surface area contributed by atoms with E-state index in [2.05, 4.69) is 46.8 Å². The predicted octanol–water partition coefficient (Wildman–Crippen LogP) is 6.50. The number of hydrogen-bond acceptors (Lipinski definition) is 2. The van der Waals surface area contributed by atoms with Crippen LogP contribution in [0.3, 0.4) is 0 Å². The van der Waals surface area contributed by atoms with Crippen molar-refractivity contribution >= 4 is 8.07 Å². The number of rotatable bonds is 12. The smallest absolute Gasteiger partial charge is 0.122 e. The highest BCUT2D eigenvalue weighted by Gasteiger charge is 2.28. The first-order chi connectivity index (χ1) is 11.6. The molecule has 0 spiro atoms. The summed E-state index contributed by atoms with van der Waals surface area (Å²) < 4.78 is 6.29. The molecule has 0 atom stereocenters. The van der Waals surface area contributed by atoms with Crippen LogP contribution >= 0.6 is 0 Å². The predicted molar refractivity (Wildman–Crippen MR) is 108 cm³/mol. The molecule has 0 saturated heterocycles. The highest BCUT2D eigenvalue weighted by atomic mass is 28.3. The third-order valence-electron chi connectivity index (χ3n) is 5.64. The van der Waals surface area contributed by atoms with E-state index in [9.17, 15) is 5.11 Å². The fourth-order valence-electron chi connectivity index (χ4n) is 3.22. The Morgan fingerprint density at radius 3 is 1.67 bits per heavy atom. The lowest BCUT2D eigenvalue weighted by molar-refractivity contribution is 0.371. The highest BCUT2D eigenvalue weighted by Crippen LogP contribution is 2.32. The molecule has 0 amide bonds. The second kappa shape index (κ2) is 10.8. The van der Waals surface area contributed by atoms with Crippen LogP contribution in [0.25, 0.3) is 0 Å². The standard InChI is InChI=1S/C21H38O2Si/c1-6-11-13-18-15-20(16-19(21(18)22)14-12-7-2)23-17-24(8-3,9-4)10-5/h15-16,22H,6-14,17H2,1-5H3. The lowest BCUT2D eigenvalue weighted by Crippen LogP contribution is -2.39. The number of aryl methyl sites for hydroxylation is 2. The summed E-state index contributed by atoms with van der Waals surface area (Å²) in [5, 5.41) is 10.6. The van der Waals surface area contributed by atoms with Crippen LogP contribution in [0.15, 0.2) is 12.1 Å². The summed E-state index contributed by atoms with van der Waals surface area (Å²) in [6, 6.07) is 8.01. The molecule has 0 fully saturated rings. The minimum absolute atomic E-state index is 0.509. The summed E-state index contributed by atoms with van der Waals surface area (Å²) in [6.45, 7) is 11.3. The van der Waals surface area contributed by atoms with Crippen LogP contribution in [-0.2, 0) is 12.8 Å². The van der Waals surface area contributed by atoms with Crippen molar-refractivity contribution in [2.24, 2.45) is 0 Å². The van der Waals surface area contributed by atoms with Crippen molar-refractivity contribution in [3.8, 4) is 11.5 Å². The molecule has 0 aliphatic carbocycles. The van der Waals surface area contributed by atoms with Gasteiger partial charge in [-0.3, -0.25) is 0 Å². The summed E-state index contributed by atoms with van der Waals surface area (Å²) in [5.41, 5.74) is 2.13. The minimum Gasteiger partial charge on any atom is -0.507 e. The van der Waals surface area contributed by atoms with Crippen LogP contribution in [0.1, 0.15) is 71.4 Å². The third kappa shape index (κ3) is 5.84. The summed E-state index contributed by atoms with van der Waals surface area (Å²) >= 11 is 0. The zero-order valence-electron chi connectivity index (χ0n) is 16.6. The Kier molecular flexibility index (Phi) is 9.49. The first kappa shape index (κ1) is 21.1. The molecule has 0 unspecified atom stereocenters. The van der Waals surface area contributed by atoms with Crippen LogP contribution in [0.2, 0.25) is 18.1 Å². The summed E-state index contributed by atoms with van der Waals surface area (Å²) in [6.07, 6.45) is 7.30. The van der Waals surface area contributed by atoms with Crippen LogP contribution in [0.5, 0.6) is 11.5 Å². The first-order valence-corrected chi connectivity index (χ1v) is 12.9. The lowest BCUT2D eigenvalue weighted by atomic mass is 10.00. The molecule has 1 rings (SSSR count). The third-order valence-corrected chi connectivity index (χ3v) is 10.9. The Bertz CT molecular complexity index is 443. The lowest BCUT2D eigenvalue weighted by Gasteiger charge is -2.28. The van der Waals surface area contributed by atoms with E-state index in [0.29, 0.717) is 5.75 Å². The van der Waals surface area contributed by atoms with Gasteiger partial charge in [0, 0.05) is 0 Å². The molecule has 0 aromatic heterocycles. The fourth-order valence-corrected chi connectivity index (χ4v) is 5.80. The van der Waals surface area contributed by atoms with Crippen molar-refractivity contribution < 1.29 is 9.84 Å². The van der Waals surface area contributed by atoms with Crippen LogP contribution < -0.4 is 4.74 Å². The van der Waals surface area contributed by atoms with Gasteiger partial charge in [0.25, 0.3) is 0 Å². The molecular formula is C21H38O2Si. The second-order valence-electron chi connectivity index (χ2n) is 7.15. The first-order valence-electron chi connectivity index (χ1n) is 10.0. The Balaban J connectivity index is 2.99. The van der Waals surface area contributed by atoms with E-state index in [-0.39, 0.29) is 0 Å². The van der Waals surface area contributed by atoms with Gasteiger partial charge in [-0.1, -0.05) is 65.6 Å². The molecule has 0 bridgehead atoms. The van der Waals surface area contributed by atoms with Gasteiger partial charge in [0.15, 0.2) is 0 Å². The number of benzene rings is 1. The number of ether oxygens (including phenoxy) is 1. The quantitative estimate of drug-likeness (QED) is 0.436. The topological polar surface area (TPSA) is 29.5 Å². The van der Waals surface area contributed by atoms with Gasteiger partial charge in [-0.2, -0.15) is 0 Å². The van der Waals surface area contributed by atoms with Crippen molar-refractivity contribution in [1.29, 1.82) is 0 Å². The van der Waals surface area contributed by atoms with E-state index in [1.807, 2.05) is 0 Å². The van der Waals surface area contributed by atoms with Crippen molar-refractivity contribution in [3.05, 3.63) is 23.3 Å². The average molecular weight is 351 g/mol. The molecule has 0 heterocycles. The molecular weight excluding hydrogens is 312 g/mol. The zero-order valence-corrected chi connectivity index (χ0v) is 17.6. The second-order valence-corrected chi connectivity index (χ2v) is 12.6. The number of phenols is 1. The Morgan fingerprint density at radius 1 is 0.833 bits per heavy atom. The number of aromatic hydroxyl groups is 1. The molecule has 0 aliphatic rings. The molecule has 1 N–H and O–H groups in total. The molecule has 1 aromatic carbocycles. The maximum absolute atomic E-state index is 10.6. The van der Waals surface area contributed by atoms with Gasteiger partial charge in [-0.05, 0) is 48.9 Å². The zero-order chi connectivity index (χ0) is 18.0. The monoisotopic (exact) mass is 350 g/mol. The van der Waals surface area contributed by atoms with Crippen LogP contribution in [0, 0.1) is 0 Å². The Labute approximate surface area is 150 Å². The number of hydrogen-bond donors (Lipinski definition) is 1. The highest BCUT2D eigenvalue weighted by molar-refractivity contribution is 6.79. The molecule has 3 heteroatoms. The molecule has 0 radical (unpaired) electrons. The summed E-state index contributed by atoms with van der Waals surface area (Å²) in [7, 11) is -1.28. The minimum atomic E-state index is -1.28. The molecule has 0 saturated carbocycles. The van der Waals surface area contributed by atoms with Crippen molar-refractivity contribution in [3.63, 3.8) is 0 Å². The van der Waals surface area contributed by atoms with Gasteiger partial charge in [-0.15, -0.1) is 0 Å². The van der Waals surface area contributed by atoms with Crippen molar-refractivity contribution in [2.75, 3.05) is 6.23 Å². The Hall–Kier alpha value is -0.963. The molecule has 0 aliphatic heterocycles. The molecule has 1 aromatic rings. The molecule has 2 nitrogen and oxygen atoms in total. The van der Waals surface area contributed by atoms with E-state index in [1.165, 1.54) is 18.1 Å². The summed E-state index contributed by atoms with van der Waals surface area (Å²) in [4.78, 5) is 0. The molecule has 138 valence electrons. The number of phenolic OH excluding ortho intramolecular Hbond substituents is 1. The maximum atomic E-state index is 10.6. The van der Waals surface area contributed by atoms with E-state index < -0.39 is 8.07 Å². The van der Waals surface area contributed by atoms with E-state index >= 15 is 0 Å².